The van der Waals surface area contributed by atoms with E-state index in [2.05, 4.69) is 5.32 Å². The summed E-state index contributed by atoms with van der Waals surface area (Å²) in [6, 6.07) is 0. The second kappa shape index (κ2) is 4.52. The van der Waals surface area contributed by atoms with Crippen molar-refractivity contribution < 1.29 is 4.79 Å². The van der Waals surface area contributed by atoms with Gasteiger partial charge in [0.1, 0.15) is 0 Å². The molecule has 0 saturated heterocycles. The smallest absolute Gasteiger partial charge is 0.226 e. The predicted molar refractivity (Wildman–Crippen MR) is 44.2 cm³/mol. The molecule has 0 aliphatic rings. The molecule has 0 bridgehead atoms. The molecule has 3 N–H and O–H groups in total. The van der Waals surface area contributed by atoms with E-state index in [1.54, 1.807) is 7.05 Å². The molecule has 0 aromatic rings. The first kappa shape index (κ1) is 12.4. The maximum atomic E-state index is 10.9. The van der Waals surface area contributed by atoms with Gasteiger partial charge in [0.05, 0.1) is 5.41 Å². The maximum Gasteiger partial charge on any atom is 0.226 e. The summed E-state index contributed by atoms with van der Waals surface area (Å²) in [7, 11) is 1.61. The average Bonchev–Trinajstić information content (AvgIpc) is 1.86. The summed E-state index contributed by atoms with van der Waals surface area (Å²) < 4.78 is 0. The molecule has 0 aromatic carbocycles. The van der Waals surface area contributed by atoms with Crippen molar-refractivity contribution in [3.63, 3.8) is 0 Å². The van der Waals surface area contributed by atoms with Crippen molar-refractivity contribution in [1.29, 1.82) is 0 Å². The third-order valence-corrected chi connectivity index (χ3v) is 1.35. The van der Waals surface area contributed by atoms with Gasteiger partial charge in [-0.2, -0.15) is 0 Å². The second-order valence-electron chi connectivity index (χ2n) is 2.67. The molecular weight excluding hydrogens is 152 g/mol. The highest BCUT2D eigenvalue weighted by atomic mass is 35.5. The van der Waals surface area contributed by atoms with Crippen molar-refractivity contribution in [1.82, 2.24) is 5.32 Å². The molecule has 0 aliphatic carbocycles. The van der Waals surface area contributed by atoms with Crippen LogP contribution in [0.1, 0.15) is 13.8 Å². The van der Waals surface area contributed by atoms with Crippen LogP contribution < -0.4 is 11.1 Å². The van der Waals surface area contributed by atoms with Crippen molar-refractivity contribution in [2.75, 3.05) is 13.6 Å². The first-order valence-electron chi connectivity index (χ1n) is 2.97. The number of carbonyl (C=O) groups excluding carboxylic acids is 1. The number of hydrogen-bond donors (Lipinski definition) is 2. The van der Waals surface area contributed by atoms with Crippen LogP contribution in [0.5, 0.6) is 0 Å². The van der Waals surface area contributed by atoms with Crippen molar-refractivity contribution in [2.45, 2.75) is 13.8 Å². The van der Waals surface area contributed by atoms with Crippen molar-refractivity contribution in [3.8, 4) is 0 Å². The summed E-state index contributed by atoms with van der Waals surface area (Å²) in [5.41, 5.74) is 4.90. The Morgan fingerprint density at radius 2 is 2.00 bits per heavy atom. The van der Waals surface area contributed by atoms with Gasteiger partial charge in [-0.1, -0.05) is 0 Å². The fourth-order valence-corrected chi connectivity index (χ4v) is 0.431. The number of amides is 1. The Balaban J connectivity index is 0. The van der Waals surface area contributed by atoms with E-state index in [0.29, 0.717) is 6.54 Å². The summed E-state index contributed by atoms with van der Waals surface area (Å²) >= 11 is 0. The zero-order chi connectivity index (χ0) is 7.49. The van der Waals surface area contributed by atoms with E-state index in [9.17, 15) is 4.79 Å². The largest absolute Gasteiger partial charge is 0.359 e. The van der Waals surface area contributed by atoms with Crippen molar-refractivity contribution in [3.05, 3.63) is 0 Å². The molecule has 62 valence electrons. The number of nitrogens with two attached hydrogens (primary N) is 1. The molecule has 10 heavy (non-hydrogen) atoms. The van der Waals surface area contributed by atoms with Gasteiger partial charge in [0.25, 0.3) is 0 Å². The van der Waals surface area contributed by atoms with Crippen LogP contribution in [0.25, 0.3) is 0 Å². The van der Waals surface area contributed by atoms with Crippen LogP contribution in [-0.2, 0) is 4.79 Å². The quantitative estimate of drug-likeness (QED) is 0.613. The summed E-state index contributed by atoms with van der Waals surface area (Å²) in [6.07, 6.45) is 0. The number of nitrogens with one attached hydrogen (secondary N) is 1. The summed E-state index contributed by atoms with van der Waals surface area (Å²) in [5.74, 6) is -0.00926. The molecule has 1 amide bonds. The summed E-state index contributed by atoms with van der Waals surface area (Å²) in [4.78, 5) is 10.9. The Labute approximate surface area is 67.8 Å². The topological polar surface area (TPSA) is 55.1 Å². The van der Waals surface area contributed by atoms with E-state index in [1.807, 2.05) is 13.8 Å². The van der Waals surface area contributed by atoms with Crippen LogP contribution in [-0.4, -0.2) is 19.5 Å². The molecule has 0 aromatic heterocycles. The van der Waals surface area contributed by atoms with Crippen LogP contribution in [0.2, 0.25) is 0 Å². The summed E-state index contributed by atoms with van der Waals surface area (Å²) in [5, 5.41) is 2.54. The number of hydrogen-bond acceptors (Lipinski definition) is 2. The van der Waals surface area contributed by atoms with Gasteiger partial charge in [-0.05, 0) is 13.8 Å². The Morgan fingerprint density at radius 1 is 1.60 bits per heavy atom. The van der Waals surface area contributed by atoms with E-state index in [0.717, 1.165) is 0 Å². The molecule has 0 atom stereocenters. The zero-order valence-corrected chi connectivity index (χ0v) is 7.42. The van der Waals surface area contributed by atoms with Crippen LogP contribution in [0.3, 0.4) is 0 Å². The number of rotatable bonds is 2. The van der Waals surface area contributed by atoms with Crippen LogP contribution >= 0.6 is 12.4 Å². The van der Waals surface area contributed by atoms with Gasteiger partial charge in [0.15, 0.2) is 0 Å². The first-order chi connectivity index (χ1) is 4.04. The molecule has 0 saturated carbocycles. The monoisotopic (exact) mass is 166 g/mol. The van der Waals surface area contributed by atoms with E-state index >= 15 is 0 Å². The fourth-order valence-electron chi connectivity index (χ4n) is 0.431. The second-order valence-corrected chi connectivity index (χ2v) is 2.67. The molecule has 4 heteroatoms. The molecule has 3 nitrogen and oxygen atoms in total. The van der Waals surface area contributed by atoms with Crippen LogP contribution in [0.15, 0.2) is 0 Å². The van der Waals surface area contributed by atoms with Gasteiger partial charge in [0.2, 0.25) is 5.91 Å². The molecule has 0 rings (SSSR count). The van der Waals surface area contributed by atoms with E-state index in [-0.39, 0.29) is 18.3 Å². The average molecular weight is 167 g/mol. The number of carbonyl (C=O) groups is 1. The predicted octanol–water partition coefficient (Wildman–Crippen LogP) is 0.139. The molecular formula is C6H15ClN2O. The van der Waals surface area contributed by atoms with Gasteiger partial charge in [-0.15, -0.1) is 12.4 Å². The molecule has 0 fully saturated rings. The fraction of sp³-hybridized carbons (Fsp3) is 0.833. The van der Waals surface area contributed by atoms with Crippen molar-refractivity contribution >= 4 is 18.3 Å². The lowest BCUT2D eigenvalue weighted by Crippen LogP contribution is -2.39. The van der Waals surface area contributed by atoms with Gasteiger partial charge in [-0.25, -0.2) is 0 Å². The Bertz CT molecular complexity index is 114. The highest BCUT2D eigenvalue weighted by molar-refractivity contribution is 5.85. The van der Waals surface area contributed by atoms with Crippen LogP contribution in [0, 0.1) is 5.41 Å². The molecule has 0 unspecified atom stereocenters. The Morgan fingerprint density at radius 3 is 2.10 bits per heavy atom. The Kier molecular flexibility index (Phi) is 5.61. The van der Waals surface area contributed by atoms with Gasteiger partial charge in [0, 0.05) is 13.6 Å². The van der Waals surface area contributed by atoms with Crippen LogP contribution in [0.4, 0.5) is 0 Å². The van der Waals surface area contributed by atoms with Gasteiger partial charge < -0.3 is 11.1 Å². The molecule has 0 radical (unpaired) electrons. The van der Waals surface area contributed by atoms with Crippen molar-refractivity contribution in [2.24, 2.45) is 11.1 Å². The highest BCUT2D eigenvalue weighted by Gasteiger charge is 2.23. The lowest BCUT2D eigenvalue weighted by atomic mass is 9.93. The maximum absolute atomic E-state index is 10.9. The summed E-state index contributed by atoms with van der Waals surface area (Å²) in [6.45, 7) is 4.00. The standard InChI is InChI=1S/C6H14N2O.ClH/c1-6(2,4-7)5(9)8-3;/h4,7H2,1-3H3,(H,8,9);1H. The lowest BCUT2D eigenvalue weighted by molar-refractivity contribution is -0.128. The Hall–Kier alpha value is -0.280. The zero-order valence-electron chi connectivity index (χ0n) is 6.60. The minimum Gasteiger partial charge on any atom is -0.359 e. The van der Waals surface area contributed by atoms with Gasteiger partial charge >= 0.3 is 0 Å². The minimum absolute atomic E-state index is 0. The van der Waals surface area contributed by atoms with E-state index in [1.165, 1.54) is 0 Å². The van der Waals surface area contributed by atoms with Gasteiger partial charge in [-0.3, -0.25) is 4.79 Å². The normalized spacial score (nSPS) is 10.0. The van der Waals surface area contributed by atoms with E-state index < -0.39 is 5.41 Å². The molecule has 0 heterocycles. The number of halogens is 1. The highest BCUT2D eigenvalue weighted by Crippen LogP contribution is 2.10. The lowest BCUT2D eigenvalue weighted by Gasteiger charge is -2.19. The SMILES string of the molecule is CNC(=O)C(C)(C)CN.Cl. The third kappa shape index (κ3) is 3.03. The molecule has 0 spiro atoms. The minimum atomic E-state index is -0.422. The third-order valence-electron chi connectivity index (χ3n) is 1.35. The molecule has 0 aliphatic heterocycles. The van der Waals surface area contributed by atoms with E-state index in [4.69, 9.17) is 5.73 Å². The first-order valence-corrected chi connectivity index (χ1v) is 2.97.